The lowest BCUT2D eigenvalue weighted by molar-refractivity contribution is 0.0697. The van der Waals surface area contributed by atoms with Crippen LogP contribution in [-0.2, 0) is 0 Å². The number of aromatic carboxylic acids is 1. The molecule has 2 aromatic carbocycles. The second kappa shape index (κ2) is 26.7. The number of nitrogens with zero attached hydrogens (tertiary/aromatic N) is 8. The summed E-state index contributed by atoms with van der Waals surface area (Å²) in [6, 6.07) is 15.9. The minimum Gasteiger partial charge on any atom is -0.508 e. The van der Waals surface area contributed by atoms with Gasteiger partial charge >= 0.3 is 5.97 Å². The van der Waals surface area contributed by atoms with Crippen molar-refractivity contribution in [2.45, 2.75) is 99.7 Å². The van der Waals surface area contributed by atoms with Crippen LogP contribution >= 0.6 is 47.0 Å². The van der Waals surface area contributed by atoms with Crippen molar-refractivity contribution in [1.29, 1.82) is 0 Å². The molecule has 1 aliphatic carbocycles. The predicted octanol–water partition coefficient (Wildman–Crippen LogP) is 4.79. The van der Waals surface area contributed by atoms with Gasteiger partial charge in [0.15, 0.2) is 29.3 Å². The summed E-state index contributed by atoms with van der Waals surface area (Å²) in [5.74, 6) is 10.7. The second-order valence-electron chi connectivity index (χ2n) is 23.1. The van der Waals surface area contributed by atoms with E-state index in [0.717, 1.165) is 168 Å². The highest BCUT2D eigenvalue weighted by atomic mass is 32.2. The SMILES string of the molecule is O=C(NCCSC[C@H]1CCN2CCC(CSC[C@H]3CCN4CCC(CSC[C@H]5CCN6CCC(CSC[C@H]7CCN8CCC(CO)N=C8N7)N=C6N5)NC4=N3)NC2=N1)c1ccc(C(=O)O)c(-c2c3ccc(=O)cc-3oc3cc(O)ccc23)c1. The molecule has 2 aromatic rings. The molecule has 1 amide bonds. The number of carboxylic acids is 1. The first-order chi connectivity index (χ1) is 40.5. The number of carboxylic acid groups (broad SMARTS) is 1. The van der Waals surface area contributed by atoms with Gasteiger partial charge in [0.25, 0.3) is 5.91 Å². The van der Waals surface area contributed by atoms with Crippen molar-refractivity contribution < 1.29 is 29.3 Å². The summed E-state index contributed by atoms with van der Waals surface area (Å²) >= 11 is 7.83. The van der Waals surface area contributed by atoms with Gasteiger partial charge in [-0.3, -0.25) is 9.59 Å². The number of aliphatic hydroxyl groups is 1. The van der Waals surface area contributed by atoms with Crippen LogP contribution in [0.25, 0.3) is 33.4 Å². The fourth-order valence-electron chi connectivity index (χ4n) is 12.4. The third-order valence-corrected chi connectivity index (χ3v) is 22.0. The minimum absolute atomic E-state index is 0.0101. The summed E-state index contributed by atoms with van der Waals surface area (Å²) in [4.78, 5) is 68.4. The zero-order valence-corrected chi connectivity index (χ0v) is 50.2. The van der Waals surface area contributed by atoms with Crippen LogP contribution in [0.5, 0.6) is 5.75 Å². The highest BCUT2D eigenvalue weighted by Gasteiger charge is 2.34. The molecule has 0 radical (unpaired) electrons. The number of aliphatic hydroxyl groups excluding tert-OH is 1. The van der Waals surface area contributed by atoms with E-state index in [1.54, 1.807) is 30.0 Å². The van der Waals surface area contributed by atoms with Crippen LogP contribution in [0.15, 0.2) is 83.8 Å². The van der Waals surface area contributed by atoms with Crippen molar-refractivity contribution in [2.24, 2.45) is 20.0 Å². The Kier molecular flexibility index (Phi) is 18.6. The summed E-state index contributed by atoms with van der Waals surface area (Å²) in [5.41, 5.74) is 1.59. The highest BCUT2D eigenvalue weighted by Crippen LogP contribution is 2.42. The van der Waals surface area contributed by atoms with E-state index in [4.69, 9.17) is 24.4 Å². The number of phenolic OH excluding ortho intramolecular Hbond substituents is 1. The Bertz CT molecular complexity index is 3150. The van der Waals surface area contributed by atoms with E-state index in [0.29, 0.717) is 76.2 Å². The molecule has 9 aliphatic heterocycles. The van der Waals surface area contributed by atoms with Gasteiger partial charge in [-0.2, -0.15) is 47.0 Å². The Morgan fingerprint density at radius 3 is 1.57 bits per heavy atom. The number of hydrogen-bond acceptors (Lipinski definition) is 22. The summed E-state index contributed by atoms with van der Waals surface area (Å²) in [6.07, 6.45) is 8.64. The summed E-state index contributed by atoms with van der Waals surface area (Å²) in [5, 5.41) is 48.7. The van der Waals surface area contributed by atoms with Crippen molar-refractivity contribution in [3.8, 4) is 28.2 Å². The number of carbonyl (C=O) groups is 2. The maximum atomic E-state index is 13.6. The van der Waals surface area contributed by atoms with E-state index in [-0.39, 0.29) is 52.7 Å². The maximum Gasteiger partial charge on any atom is 0.336 e. The van der Waals surface area contributed by atoms with Gasteiger partial charge in [0.05, 0.1) is 36.3 Å². The van der Waals surface area contributed by atoms with Gasteiger partial charge in [-0.1, -0.05) is 0 Å². The van der Waals surface area contributed by atoms with Crippen molar-refractivity contribution in [1.82, 2.24) is 46.2 Å². The van der Waals surface area contributed by atoms with Crippen molar-refractivity contribution in [3.05, 3.63) is 75.9 Å². The lowest BCUT2D eigenvalue weighted by Gasteiger charge is -2.41. The van der Waals surface area contributed by atoms with E-state index < -0.39 is 5.97 Å². The summed E-state index contributed by atoms with van der Waals surface area (Å²) in [7, 11) is 0. The molecule has 0 aromatic heterocycles. The fraction of sp³-hybridized carbons (Fsp3) is 0.576. The minimum atomic E-state index is -1.17. The Balaban J connectivity index is 0.551. The van der Waals surface area contributed by atoms with Crippen LogP contribution in [0.1, 0.15) is 72.1 Å². The summed E-state index contributed by atoms with van der Waals surface area (Å²) < 4.78 is 5.97. The molecular formula is C59H77N13O7S4. The number of thioether (sulfide) groups is 4. The van der Waals surface area contributed by atoms with Crippen LogP contribution in [0.2, 0.25) is 0 Å². The van der Waals surface area contributed by atoms with E-state index >= 15 is 0 Å². The molecular weight excluding hydrogens is 1130 g/mol. The van der Waals surface area contributed by atoms with Crippen molar-refractivity contribution >= 4 is 93.7 Å². The molecule has 8 atom stereocenters. The van der Waals surface area contributed by atoms with Crippen LogP contribution in [-0.4, -0.2) is 231 Å². The Morgan fingerprint density at radius 1 is 0.566 bits per heavy atom. The number of benzene rings is 3. The van der Waals surface area contributed by atoms with E-state index in [1.165, 1.54) is 36.4 Å². The summed E-state index contributed by atoms with van der Waals surface area (Å²) in [6.45, 7) is 8.84. The molecule has 0 bridgehead atoms. The monoisotopic (exact) mass is 1210 g/mol. The fourth-order valence-corrected chi connectivity index (χ4v) is 16.9. The van der Waals surface area contributed by atoms with Gasteiger partial charge < -0.3 is 65.9 Å². The van der Waals surface area contributed by atoms with Gasteiger partial charge in [-0.05, 0) is 99.4 Å². The van der Waals surface area contributed by atoms with Crippen molar-refractivity contribution in [3.63, 3.8) is 0 Å². The number of amides is 1. The first-order valence-corrected chi connectivity index (χ1v) is 34.3. The molecule has 20 nitrogen and oxygen atoms in total. The lowest BCUT2D eigenvalue weighted by Crippen LogP contribution is -2.57. The van der Waals surface area contributed by atoms with Crippen LogP contribution in [0, 0.1) is 0 Å². The lowest BCUT2D eigenvalue weighted by atomic mass is 9.89. The Morgan fingerprint density at radius 2 is 1.05 bits per heavy atom. The molecule has 9 heterocycles. The Labute approximate surface area is 501 Å². The van der Waals surface area contributed by atoms with E-state index in [2.05, 4.69) is 57.9 Å². The molecule has 12 rings (SSSR count). The number of fused-ring (bicyclic) bond motifs is 6. The van der Waals surface area contributed by atoms with Gasteiger partial charge in [-0.25, -0.2) is 24.8 Å². The van der Waals surface area contributed by atoms with E-state index in [9.17, 15) is 29.7 Å². The first kappa shape index (κ1) is 57.7. The molecule has 24 heteroatoms. The maximum absolute atomic E-state index is 13.6. The van der Waals surface area contributed by atoms with Crippen LogP contribution in [0.4, 0.5) is 0 Å². The average molecular weight is 1210 g/mol. The molecule has 10 aliphatic rings. The number of hydrogen-bond donors (Lipinski definition) is 8. The quantitative estimate of drug-likeness (QED) is 0.0413. The molecule has 4 fully saturated rings. The molecule has 4 unspecified atom stereocenters. The number of aliphatic imine (C=N–C) groups is 4. The number of nitrogens with one attached hydrogen (secondary N) is 5. The number of carbonyl (C=O) groups excluding carboxylic acids is 1. The zero-order chi connectivity index (χ0) is 56.8. The topological polar surface area (TPSA) is 248 Å². The largest absolute Gasteiger partial charge is 0.508 e. The normalized spacial score (nSPS) is 25.9. The molecule has 4 saturated heterocycles. The van der Waals surface area contributed by atoms with Gasteiger partial charge in [0, 0.05) is 163 Å². The number of guanidine groups is 4. The molecule has 0 spiro atoms. The predicted molar refractivity (Wildman–Crippen MR) is 338 cm³/mol. The zero-order valence-electron chi connectivity index (χ0n) is 46.9. The van der Waals surface area contributed by atoms with Crippen LogP contribution < -0.4 is 32.0 Å². The van der Waals surface area contributed by atoms with Gasteiger partial charge in [0.2, 0.25) is 0 Å². The molecule has 444 valence electrons. The third-order valence-electron chi connectivity index (χ3n) is 17.1. The van der Waals surface area contributed by atoms with E-state index in [1.807, 2.05) is 23.5 Å². The average Bonchev–Trinajstić information content (AvgIpc) is 3.69. The second-order valence-corrected chi connectivity index (χ2v) is 27.4. The molecule has 8 N–H and O–H groups in total. The standard InChI is InChI=1S/C59H77N13O7S4/c73-28-37-7-16-69-18-9-39(63-56(69)61-37)30-81-32-41-11-20-71-22-13-43(67-58(71)65-41)34-83-35-44-14-23-72-21-12-42(66-59(72)68-44)33-82-31-40-10-19-70-17-8-38(62-57(70)64-40)29-80-24-15-60-54(76)36-1-4-47(55(77)78)50(25-36)53-48-5-2-45(74)26-51(48)79-52-27-46(75)3-6-49(52)53/h1-6,25-27,37-44,73-74H,7-24,28-35H2,(H,60,76)(H,61,63)(H,62,64)(H,65,67)(H,66,68)(H,77,78)/t37?,38-,39-,40?,41?,42-,43-,44?/m1/s1. The van der Waals surface area contributed by atoms with Gasteiger partial charge in [0.1, 0.15) is 17.1 Å². The third kappa shape index (κ3) is 14.0. The van der Waals surface area contributed by atoms with Crippen molar-refractivity contribution in [2.75, 3.05) is 112 Å². The smallest absolute Gasteiger partial charge is 0.336 e. The highest BCUT2D eigenvalue weighted by molar-refractivity contribution is 8.00. The molecule has 0 saturated carbocycles. The van der Waals surface area contributed by atoms with Gasteiger partial charge in [-0.15, -0.1) is 0 Å². The molecule has 83 heavy (non-hydrogen) atoms. The Hall–Kier alpha value is -5.69. The van der Waals surface area contributed by atoms with Crippen LogP contribution in [0.3, 0.4) is 0 Å². The number of aromatic hydroxyl groups is 1. The number of rotatable bonds is 21. The first-order valence-electron chi connectivity index (χ1n) is 29.7. The number of phenols is 1.